The van der Waals surface area contributed by atoms with Gasteiger partial charge in [-0.2, -0.15) is 5.10 Å². The number of nitrogens with zero attached hydrogens (tertiary/aromatic N) is 2. The molecule has 0 aliphatic rings. The molecule has 0 bridgehead atoms. The average molecular weight is 402 g/mol. The Labute approximate surface area is 173 Å². The highest BCUT2D eigenvalue weighted by Crippen LogP contribution is 2.13. The summed E-state index contributed by atoms with van der Waals surface area (Å²) >= 11 is 0. The summed E-state index contributed by atoms with van der Waals surface area (Å²) < 4.78 is 5.18. The van der Waals surface area contributed by atoms with Gasteiger partial charge in [0.05, 0.1) is 12.8 Å². The van der Waals surface area contributed by atoms with E-state index in [1.54, 1.807) is 19.2 Å². The first kappa shape index (κ1) is 23.4. The number of rotatable bonds is 8. The number of amides is 1. The van der Waals surface area contributed by atoms with Crippen molar-refractivity contribution in [1.82, 2.24) is 10.3 Å². The Kier molecular flexibility index (Phi) is 9.99. The Bertz CT molecular complexity index is 787. The van der Waals surface area contributed by atoms with Crippen molar-refractivity contribution in [2.24, 2.45) is 11.0 Å². The van der Waals surface area contributed by atoms with E-state index < -0.39 is 0 Å². The fraction of sp³-hybridized carbons (Fsp3) is 0.273. The van der Waals surface area contributed by atoms with Crippen LogP contribution in [0.3, 0.4) is 0 Å². The Hall–Kier alpha value is -2.63. The minimum atomic E-state index is -0.219. The van der Waals surface area contributed by atoms with E-state index in [2.05, 4.69) is 22.4 Å². The topological polar surface area (TPSA) is 53.9 Å². The third kappa shape index (κ3) is 7.55. The Balaban J connectivity index is 0.00000392. The molecule has 0 radical (unpaired) electrons. The molecule has 2 rings (SSSR count). The van der Waals surface area contributed by atoms with E-state index in [9.17, 15) is 4.79 Å². The molecule has 0 heterocycles. The standard InChI is InChI=1S/C22H27N3O2.ClH/c1-17(16-25(2)3)21(15-12-18-10-13-20(27-4)14-11-18)23-24-22(26)19-8-6-5-7-9-19;/h5-15,17H,16H2,1-4H3,(H,24,26);1H/b15-12+,23-21-;. The zero-order valence-electron chi connectivity index (χ0n) is 16.8. The maximum atomic E-state index is 12.3. The lowest BCUT2D eigenvalue weighted by molar-refractivity contribution is 0.0954. The van der Waals surface area contributed by atoms with Gasteiger partial charge in [-0.3, -0.25) is 4.79 Å². The van der Waals surface area contributed by atoms with Gasteiger partial charge in [0.15, 0.2) is 0 Å². The van der Waals surface area contributed by atoms with Crippen LogP contribution in [0.1, 0.15) is 22.8 Å². The number of carbonyl (C=O) groups excluding carboxylic acids is 1. The molecule has 1 atom stereocenters. The molecule has 28 heavy (non-hydrogen) atoms. The van der Waals surface area contributed by atoms with Gasteiger partial charge in [0.25, 0.3) is 5.91 Å². The van der Waals surface area contributed by atoms with Crippen LogP contribution < -0.4 is 10.2 Å². The van der Waals surface area contributed by atoms with E-state index in [0.29, 0.717) is 5.56 Å². The van der Waals surface area contributed by atoms with E-state index in [1.165, 1.54) is 0 Å². The molecule has 2 aromatic rings. The molecule has 0 saturated carbocycles. The Morgan fingerprint density at radius 1 is 1.14 bits per heavy atom. The van der Waals surface area contributed by atoms with Crippen molar-refractivity contribution in [3.05, 3.63) is 71.8 Å². The van der Waals surface area contributed by atoms with Crippen molar-refractivity contribution in [2.75, 3.05) is 27.7 Å². The van der Waals surface area contributed by atoms with Gasteiger partial charge in [-0.25, -0.2) is 5.43 Å². The third-order valence-electron chi connectivity index (χ3n) is 4.03. The van der Waals surface area contributed by atoms with Crippen LogP contribution in [0.4, 0.5) is 0 Å². The molecule has 6 heteroatoms. The quantitative estimate of drug-likeness (QED) is 0.534. The lowest BCUT2D eigenvalue weighted by Crippen LogP contribution is -2.27. The number of hydrogen-bond acceptors (Lipinski definition) is 4. The summed E-state index contributed by atoms with van der Waals surface area (Å²) in [6, 6.07) is 16.9. The van der Waals surface area contributed by atoms with Crippen molar-refractivity contribution < 1.29 is 9.53 Å². The maximum Gasteiger partial charge on any atom is 0.271 e. The molecule has 0 fully saturated rings. The van der Waals surface area contributed by atoms with Gasteiger partial charge in [0.1, 0.15) is 5.75 Å². The van der Waals surface area contributed by atoms with Crippen LogP contribution in [-0.4, -0.2) is 44.3 Å². The summed E-state index contributed by atoms with van der Waals surface area (Å²) in [6.07, 6.45) is 3.93. The number of hydrogen-bond donors (Lipinski definition) is 1. The number of halogens is 1. The number of allylic oxidation sites excluding steroid dienone is 1. The molecule has 0 aromatic heterocycles. The van der Waals surface area contributed by atoms with E-state index in [4.69, 9.17) is 4.74 Å². The number of carbonyl (C=O) groups is 1. The molecule has 0 spiro atoms. The van der Waals surface area contributed by atoms with Crippen LogP contribution in [0.2, 0.25) is 0 Å². The summed E-state index contributed by atoms with van der Waals surface area (Å²) in [4.78, 5) is 14.4. The van der Waals surface area contributed by atoms with Crippen LogP contribution in [0.25, 0.3) is 6.08 Å². The molecule has 1 amide bonds. The molecule has 150 valence electrons. The smallest absolute Gasteiger partial charge is 0.271 e. The number of ether oxygens (including phenoxy) is 1. The predicted octanol–water partition coefficient (Wildman–Crippen LogP) is 4.11. The largest absolute Gasteiger partial charge is 0.497 e. The van der Waals surface area contributed by atoms with Gasteiger partial charge >= 0.3 is 0 Å². The van der Waals surface area contributed by atoms with Gasteiger partial charge < -0.3 is 9.64 Å². The van der Waals surface area contributed by atoms with Crippen LogP contribution >= 0.6 is 12.4 Å². The van der Waals surface area contributed by atoms with Gasteiger partial charge in [0, 0.05) is 18.0 Å². The molecule has 5 nitrogen and oxygen atoms in total. The fourth-order valence-electron chi connectivity index (χ4n) is 2.62. The highest BCUT2D eigenvalue weighted by atomic mass is 35.5. The summed E-state index contributed by atoms with van der Waals surface area (Å²) in [6.45, 7) is 2.92. The summed E-state index contributed by atoms with van der Waals surface area (Å²) in [5.41, 5.74) is 5.10. The third-order valence-corrected chi connectivity index (χ3v) is 4.03. The lowest BCUT2D eigenvalue weighted by atomic mass is 10.0. The highest BCUT2D eigenvalue weighted by Gasteiger charge is 2.11. The summed E-state index contributed by atoms with van der Waals surface area (Å²) in [5, 5.41) is 4.38. The van der Waals surface area contributed by atoms with Crippen LogP contribution in [0.15, 0.2) is 65.8 Å². The number of hydrazone groups is 1. The molecule has 0 aliphatic heterocycles. The molecule has 2 aromatic carbocycles. The first-order chi connectivity index (χ1) is 13.0. The van der Waals surface area contributed by atoms with Gasteiger partial charge in [0.2, 0.25) is 0 Å². The Morgan fingerprint density at radius 2 is 1.79 bits per heavy atom. The van der Waals surface area contributed by atoms with Crippen molar-refractivity contribution in [2.45, 2.75) is 6.92 Å². The Morgan fingerprint density at radius 3 is 2.36 bits per heavy atom. The van der Waals surface area contributed by atoms with Crippen LogP contribution in [0.5, 0.6) is 5.75 Å². The zero-order chi connectivity index (χ0) is 19.6. The van der Waals surface area contributed by atoms with Crippen molar-refractivity contribution in [3.8, 4) is 5.75 Å². The highest BCUT2D eigenvalue weighted by molar-refractivity contribution is 6.01. The first-order valence-electron chi connectivity index (χ1n) is 8.89. The van der Waals surface area contributed by atoms with Crippen molar-refractivity contribution >= 4 is 30.1 Å². The van der Waals surface area contributed by atoms with Gasteiger partial charge in [-0.05, 0) is 50.0 Å². The van der Waals surface area contributed by atoms with Crippen LogP contribution in [-0.2, 0) is 0 Å². The number of methoxy groups -OCH3 is 1. The first-order valence-corrected chi connectivity index (χ1v) is 8.89. The van der Waals surface area contributed by atoms with Crippen LogP contribution in [0, 0.1) is 5.92 Å². The summed E-state index contributed by atoms with van der Waals surface area (Å²) in [7, 11) is 5.68. The van der Waals surface area contributed by atoms with E-state index >= 15 is 0 Å². The number of benzene rings is 2. The predicted molar refractivity (Wildman–Crippen MR) is 118 cm³/mol. The zero-order valence-corrected chi connectivity index (χ0v) is 17.6. The fourth-order valence-corrected chi connectivity index (χ4v) is 2.62. The molecule has 1 unspecified atom stereocenters. The van der Waals surface area contributed by atoms with E-state index in [-0.39, 0.29) is 24.2 Å². The minimum Gasteiger partial charge on any atom is -0.497 e. The second kappa shape index (κ2) is 12.0. The lowest BCUT2D eigenvalue weighted by Gasteiger charge is -2.17. The van der Waals surface area contributed by atoms with Crippen molar-refractivity contribution in [3.63, 3.8) is 0 Å². The van der Waals surface area contributed by atoms with E-state index in [0.717, 1.165) is 23.6 Å². The second-order valence-corrected chi connectivity index (χ2v) is 6.61. The average Bonchev–Trinajstić information content (AvgIpc) is 2.68. The normalized spacial score (nSPS) is 12.5. The van der Waals surface area contributed by atoms with E-state index in [1.807, 2.05) is 68.7 Å². The summed E-state index contributed by atoms with van der Waals surface area (Å²) in [5.74, 6) is 0.755. The molecule has 1 N–H and O–H groups in total. The second-order valence-electron chi connectivity index (χ2n) is 6.61. The molecular formula is C22H28ClN3O2. The molecular weight excluding hydrogens is 374 g/mol. The monoisotopic (exact) mass is 401 g/mol. The molecule has 0 saturated heterocycles. The van der Waals surface area contributed by atoms with Gasteiger partial charge in [-0.1, -0.05) is 43.3 Å². The minimum absolute atomic E-state index is 0. The SMILES string of the molecule is COc1ccc(/C=C/C(=N/NC(=O)c2ccccc2)C(C)CN(C)C)cc1.Cl. The number of nitrogens with one attached hydrogen (secondary N) is 1. The van der Waals surface area contributed by atoms with Crippen molar-refractivity contribution in [1.29, 1.82) is 0 Å². The maximum absolute atomic E-state index is 12.3. The molecule has 0 aliphatic carbocycles. The van der Waals surface area contributed by atoms with Gasteiger partial charge in [-0.15, -0.1) is 12.4 Å².